The van der Waals surface area contributed by atoms with E-state index in [4.69, 9.17) is 0 Å². The van der Waals surface area contributed by atoms with Crippen molar-refractivity contribution >= 4 is 11.8 Å². The van der Waals surface area contributed by atoms with Gasteiger partial charge in [0.25, 0.3) is 11.8 Å². The molecule has 1 aromatic heterocycles. The quantitative estimate of drug-likeness (QED) is 0.817. The molecule has 2 aromatic rings. The maximum absolute atomic E-state index is 14.5. The van der Waals surface area contributed by atoms with Gasteiger partial charge in [0.2, 0.25) is 0 Å². The van der Waals surface area contributed by atoms with Crippen molar-refractivity contribution in [3.63, 3.8) is 0 Å². The summed E-state index contributed by atoms with van der Waals surface area (Å²) in [6, 6.07) is 6.83. The number of piperidine rings is 1. The number of rotatable bonds is 4. The van der Waals surface area contributed by atoms with Crippen LogP contribution in [0.1, 0.15) is 65.8 Å². The number of hydrogen-bond donors (Lipinski definition) is 1. The van der Waals surface area contributed by atoms with E-state index in [1.807, 2.05) is 4.90 Å². The Morgan fingerprint density at radius 2 is 1.90 bits per heavy atom. The summed E-state index contributed by atoms with van der Waals surface area (Å²) >= 11 is 0. The van der Waals surface area contributed by atoms with Crippen LogP contribution in [0, 0.1) is 18.7 Å². The van der Waals surface area contributed by atoms with Gasteiger partial charge in [-0.05, 0) is 75.3 Å². The smallest absolute Gasteiger partial charge is 0.255 e. The molecule has 1 aliphatic carbocycles. The second-order valence-corrected chi connectivity index (χ2v) is 8.79. The van der Waals surface area contributed by atoms with Gasteiger partial charge in [0.1, 0.15) is 5.82 Å². The van der Waals surface area contributed by atoms with Gasteiger partial charge in [-0.2, -0.15) is 0 Å². The Balaban J connectivity index is 1.57. The molecule has 5 nitrogen and oxygen atoms in total. The van der Waals surface area contributed by atoms with Crippen LogP contribution in [0.4, 0.5) is 4.39 Å². The molecule has 2 unspecified atom stereocenters. The highest BCUT2D eigenvalue weighted by Crippen LogP contribution is 2.28. The highest BCUT2D eigenvalue weighted by atomic mass is 19.1. The number of carbonyl (C=O) groups is 2. The molecular formula is C24H28FN3O2. The van der Waals surface area contributed by atoms with Crippen LogP contribution in [-0.2, 0) is 0 Å². The van der Waals surface area contributed by atoms with Gasteiger partial charge in [-0.3, -0.25) is 14.6 Å². The first-order valence-electron chi connectivity index (χ1n) is 10.7. The van der Waals surface area contributed by atoms with Crippen LogP contribution in [-0.4, -0.2) is 40.3 Å². The van der Waals surface area contributed by atoms with E-state index >= 15 is 0 Å². The molecule has 0 bridgehead atoms. The minimum atomic E-state index is -0.438. The molecule has 2 aliphatic rings. The zero-order valence-corrected chi connectivity index (χ0v) is 17.7. The lowest BCUT2D eigenvalue weighted by Gasteiger charge is -2.36. The lowest BCUT2D eigenvalue weighted by molar-refractivity contribution is 0.0588. The van der Waals surface area contributed by atoms with E-state index in [0.717, 1.165) is 32.2 Å². The van der Waals surface area contributed by atoms with Gasteiger partial charge < -0.3 is 10.2 Å². The fourth-order valence-electron chi connectivity index (χ4n) is 4.13. The molecule has 6 heteroatoms. The highest BCUT2D eigenvalue weighted by Gasteiger charge is 2.28. The van der Waals surface area contributed by atoms with E-state index in [-0.39, 0.29) is 23.9 Å². The largest absolute Gasteiger partial charge is 0.349 e. The van der Waals surface area contributed by atoms with Gasteiger partial charge in [0, 0.05) is 36.0 Å². The summed E-state index contributed by atoms with van der Waals surface area (Å²) in [5.74, 6) is -0.0925. The van der Waals surface area contributed by atoms with Crippen molar-refractivity contribution in [2.75, 3.05) is 6.54 Å². The third kappa shape index (κ3) is 4.23. The fraction of sp³-hybridized carbons (Fsp3) is 0.458. The topological polar surface area (TPSA) is 62.3 Å². The van der Waals surface area contributed by atoms with E-state index in [1.54, 1.807) is 31.3 Å². The summed E-state index contributed by atoms with van der Waals surface area (Å²) in [5.41, 5.74) is 2.36. The Bertz CT molecular complexity index is 969. The number of nitrogens with one attached hydrogen (secondary N) is 1. The average Bonchev–Trinajstić information content (AvgIpc) is 3.53. The molecule has 1 saturated carbocycles. The Labute approximate surface area is 176 Å². The van der Waals surface area contributed by atoms with Crippen LogP contribution in [0.2, 0.25) is 0 Å². The molecule has 158 valence electrons. The van der Waals surface area contributed by atoms with E-state index in [1.165, 1.54) is 6.07 Å². The number of benzene rings is 1. The SMILES string of the molecule is Cc1c(F)cc(C(=O)NC2CC2)cc1-c1ccc(C(=O)N2CCC(C)CC2C)cn1. The van der Waals surface area contributed by atoms with Gasteiger partial charge in [0.15, 0.2) is 0 Å². The second kappa shape index (κ2) is 8.17. The van der Waals surface area contributed by atoms with Gasteiger partial charge in [0.05, 0.1) is 11.3 Å². The Hall–Kier alpha value is -2.76. The number of amides is 2. The first kappa shape index (κ1) is 20.5. The minimum Gasteiger partial charge on any atom is -0.349 e. The maximum Gasteiger partial charge on any atom is 0.255 e. The summed E-state index contributed by atoms with van der Waals surface area (Å²) in [7, 11) is 0. The van der Waals surface area contributed by atoms with Gasteiger partial charge in [-0.1, -0.05) is 6.92 Å². The third-order valence-corrected chi connectivity index (χ3v) is 6.20. The number of aromatic nitrogens is 1. The van der Waals surface area contributed by atoms with Crippen molar-refractivity contribution in [2.45, 2.75) is 58.5 Å². The Kier molecular flexibility index (Phi) is 5.58. The average molecular weight is 410 g/mol. The zero-order valence-electron chi connectivity index (χ0n) is 17.7. The summed E-state index contributed by atoms with van der Waals surface area (Å²) < 4.78 is 14.5. The normalized spacial score (nSPS) is 21.4. The molecule has 2 heterocycles. The molecule has 1 N–H and O–H groups in total. The zero-order chi connectivity index (χ0) is 21.4. The van der Waals surface area contributed by atoms with Crippen molar-refractivity contribution in [2.24, 2.45) is 5.92 Å². The van der Waals surface area contributed by atoms with Crippen molar-refractivity contribution in [1.82, 2.24) is 15.2 Å². The molecule has 1 saturated heterocycles. The molecule has 2 fully saturated rings. The van der Waals surface area contributed by atoms with E-state index in [0.29, 0.717) is 33.9 Å². The summed E-state index contributed by atoms with van der Waals surface area (Å²) in [5, 5.41) is 2.89. The predicted molar refractivity (Wildman–Crippen MR) is 114 cm³/mol. The molecule has 4 rings (SSSR count). The molecule has 2 atom stereocenters. The molecule has 0 radical (unpaired) electrons. The van der Waals surface area contributed by atoms with E-state index in [2.05, 4.69) is 24.1 Å². The van der Waals surface area contributed by atoms with Crippen molar-refractivity contribution in [3.8, 4) is 11.3 Å². The monoisotopic (exact) mass is 409 g/mol. The van der Waals surface area contributed by atoms with Gasteiger partial charge in [-0.25, -0.2) is 4.39 Å². The van der Waals surface area contributed by atoms with Crippen LogP contribution in [0.25, 0.3) is 11.3 Å². The molecule has 0 spiro atoms. The van der Waals surface area contributed by atoms with Crippen LogP contribution in [0.3, 0.4) is 0 Å². The van der Waals surface area contributed by atoms with E-state index < -0.39 is 5.82 Å². The number of pyridine rings is 1. The lowest BCUT2D eigenvalue weighted by Crippen LogP contribution is -2.44. The first-order valence-corrected chi connectivity index (χ1v) is 10.7. The first-order chi connectivity index (χ1) is 14.3. The Morgan fingerprint density at radius 3 is 2.53 bits per heavy atom. The van der Waals surface area contributed by atoms with Gasteiger partial charge in [-0.15, -0.1) is 0 Å². The van der Waals surface area contributed by atoms with Crippen molar-refractivity contribution < 1.29 is 14.0 Å². The van der Waals surface area contributed by atoms with Gasteiger partial charge >= 0.3 is 0 Å². The molecule has 1 aromatic carbocycles. The summed E-state index contributed by atoms with van der Waals surface area (Å²) in [6.45, 7) is 6.73. The predicted octanol–water partition coefficient (Wildman–Crippen LogP) is 4.35. The number of nitrogens with zero attached hydrogens (tertiary/aromatic N) is 2. The Morgan fingerprint density at radius 1 is 1.13 bits per heavy atom. The molecular weight excluding hydrogens is 381 g/mol. The lowest BCUT2D eigenvalue weighted by atomic mass is 9.93. The maximum atomic E-state index is 14.5. The standard InChI is InChI=1S/C24H28FN3O2/c1-14-8-9-28(15(2)10-14)24(30)17-4-7-22(26-13-17)20-11-18(12-21(25)16(20)3)23(29)27-19-5-6-19/h4,7,11-15,19H,5-6,8-10H2,1-3H3,(H,27,29). The fourth-order valence-corrected chi connectivity index (χ4v) is 4.13. The third-order valence-electron chi connectivity index (χ3n) is 6.20. The van der Waals surface area contributed by atoms with E-state index in [9.17, 15) is 14.0 Å². The number of likely N-dealkylation sites (tertiary alicyclic amines) is 1. The number of hydrogen-bond acceptors (Lipinski definition) is 3. The summed E-state index contributed by atoms with van der Waals surface area (Å²) in [6.07, 6.45) is 5.51. The van der Waals surface area contributed by atoms with Crippen molar-refractivity contribution in [1.29, 1.82) is 0 Å². The molecule has 2 amide bonds. The van der Waals surface area contributed by atoms with Crippen LogP contribution < -0.4 is 5.32 Å². The molecule has 1 aliphatic heterocycles. The van der Waals surface area contributed by atoms with Crippen LogP contribution in [0.5, 0.6) is 0 Å². The highest BCUT2D eigenvalue weighted by molar-refractivity contribution is 5.96. The molecule has 30 heavy (non-hydrogen) atoms. The summed E-state index contributed by atoms with van der Waals surface area (Å²) in [4.78, 5) is 31.6. The number of halogens is 1. The van der Waals surface area contributed by atoms with Crippen molar-refractivity contribution in [3.05, 3.63) is 53.0 Å². The van der Waals surface area contributed by atoms with Crippen LogP contribution in [0.15, 0.2) is 30.5 Å². The van der Waals surface area contributed by atoms with Crippen LogP contribution >= 0.6 is 0 Å². The second-order valence-electron chi connectivity index (χ2n) is 8.79. The minimum absolute atomic E-state index is 0.0195. The number of carbonyl (C=O) groups excluding carboxylic acids is 2.